The van der Waals surface area contributed by atoms with Crippen LogP contribution in [-0.4, -0.2) is 30.8 Å². The molecule has 5 heteroatoms. The standard InChI is InChI=1S/C10H13NO4/c1-15-10(14)9(13)6-3-2-5-4-7(12)11-8(5)6/h5-6,8H,2-4H2,1H3,(H,11,12). The van der Waals surface area contributed by atoms with Crippen molar-refractivity contribution in [3.8, 4) is 0 Å². The van der Waals surface area contributed by atoms with Crippen LogP contribution in [-0.2, 0) is 19.1 Å². The van der Waals surface area contributed by atoms with E-state index in [4.69, 9.17) is 0 Å². The Hall–Kier alpha value is -1.39. The lowest BCUT2D eigenvalue weighted by atomic mass is 9.95. The van der Waals surface area contributed by atoms with Gasteiger partial charge in [-0.25, -0.2) is 4.79 Å². The van der Waals surface area contributed by atoms with E-state index in [9.17, 15) is 14.4 Å². The summed E-state index contributed by atoms with van der Waals surface area (Å²) >= 11 is 0. The third-order valence-electron chi connectivity index (χ3n) is 3.29. The summed E-state index contributed by atoms with van der Waals surface area (Å²) in [5, 5.41) is 2.76. The predicted molar refractivity (Wildman–Crippen MR) is 49.8 cm³/mol. The van der Waals surface area contributed by atoms with Crippen LogP contribution in [0.15, 0.2) is 0 Å². The molecule has 2 fully saturated rings. The Morgan fingerprint density at radius 1 is 1.40 bits per heavy atom. The van der Waals surface area contributed by atoms with Gasteiger partial charge in [-0.05, 0) is 18.8 Å². The van der Waals surface area contributed by atoms with Gasteiger partial charge >= 0.3 is 5.97 Å². The minimum Gasteiger partial charge on any atom is -0.463 e. The van der Waals surface area contributed by atoms with Gasteiger partial charge in [-0.3, -0.25) is 9.59 Å². The first kappa shape index (κ1) is 10.1. The van der Waals surface area contributed by atoms with Crippen LogP contribution in [0.25, 0.3) is 0 Å². The second-order valence-corrected chi connectivity index (χ2v) is 4.10. The molecule has 0 aromatic rings. The van der Waals surface area contributed by atoms with E-state index >= 15 is 0 Å². The number of Topliss-reactive ketones (excluding diaryl/α,β-unsaturated/α-hetero) is 1. The molecule has 15 heavy (non-hydrogen) atoms. The molecule has 1 heterocycles. The van der Waals surface area contributed by atoms with Crippen LogP contribution in [0.3, 0.4) is 0 Å². The van der Waals surface area contributed by atoms with Crippen LogP contribution in [0.1, 0.15) is 19.3 Å². The number of esters is 1. The number of fused-ring (bicyclic) bond motifs is 1. The predicted octanol–water partition coefficient (Wildman–Crippen LogP) is -0.357. The van der Waals surface area contributed by atoms with Crippen molar-refractivity contribution in [2.45, 2.75) is 25.3 Å². The number of methoxy groups -OCH3 is 1. The van der Waals surface area contributed by atoms with Gasteiger partial charge in [0, 0.05) is 18.4 Å². The monoisotopic (exact) mass is 211 g/mol. The lowest BCUT2D eigenvalue weighted by Crippen LogP contribution is -2.39. The van der Waals surface area contributed by atoms with E-state index in [0.29, 0.717) is 12.8 Å². The summed E-state index contributed by atoms with van der Waals surface area (Å²) < 4.78 is 4.40. The van der Waals surface area contributed by atoms with Crippen molar-refractivity contribution >= 4 is 17.7 Å². The molecule has 2 aliphatic rings. The fourth-order valence-corrected chi connectivity index (χ4v) is 2.56. The third kappa shape index (κ3) is 1.62. The highest BCUT2D eigenvalue weighted by Crippen LogP contribution is 2.37. The molecule has 2 rings (SSSR count). The normalized spacial score (nSPS) is 33.4. The highest BCUT2D eigenvalue weighted by molar-refractivity contribution is 6.34. The number of hydrogen-bond acceptors (Lipinski definition) is 4. The minimum atomic E-state index is -0.804. The van der Waals surface area contributed by atoms with Crippen molar-refractivity contribution in [2.24, 2.45) is 11.8 Å². The summed E-state index contributed by atoms with van der Waals surface area (Å²) in [4.78, 5) is 33.8. The van der Waals surface area contributed by atoms with Crippen LogP contribution in [0.5, 0.6) is 0 Å². The maximum Gasteiger partial charge on any atom is 0.374 e. The Kier molecular flexibility index (Phi) is 2.46. The average Bonchev–Trinajstić information content (AvgIpc) is 2.74. The first-order valence-electron chi connectivity index (χ1n) is 5.05. The second-order valence-electron chi connectivity index (χ2n) is 4.10. The van der Waals surface area contributed by atoms with Gasteiger partial charge in [0.2, 0.25) is 11.7 Å². The Morgan fingerprint density at radius 2 is 2.13 bits per heavy atom. The van der Waals surface area contributed by atoms with Crippen LogP contribution in [0.2, 0.25) is 0 Å². The third-order valence-corrected chi connectivity index (χ3v) is 3.29. The zero-order valence-corrected chi connectivity index (χ0v) is 8.49. The largest absolute Gasteiger partial charge is 0.463 e. The van der Waals surface area contributed by atoms with Gasteiger partial charge in [0.05, 0.1) is 7.11 Å². The van der Waals surface area contributed by atoms with Gasteiger partial charge in [0.15, 0.2) is 0 Å². The number of nitrogens with one attached hydrogen (secondary N) is 1. The number of carbonyl (C=O) groups is 3. The molecule has 0 radical (unpaired) electrons. The summed E-state index contributed by atoms with van der Waals surface area (Å²) in [6, 6.07) is -0.149. The summed E-state index contributed by atoms with van der Waals surface area (Å²) in [5.41, 5.74) is 0. The number of hydrogen-bond donors (Lipinski definition) is 1. The summed E-state index contributed by atoms with van der Waals surface area (Å²) in [6.07, 6.45) is 1.98. The van der Waals surface area contributed by atoms with Crippen LogP contribution in [0.4, 0.5) is 0 Å². The number of ketones is 1. The molecule has 5 nitrogen and oxygen atoms in total. The average molecular weight is 211 g/mol. The van der Waals surface area contributed by atoms with E-state index in [2.05, 4.69) is 10.1 Å². The molecule has 82 valence electrons. The lowest BCUT2D eigenvalue weighted by molar-refractivity contribution is -0.153. The highest BCUT2D eigenvalue weighted by Gasteiger charge is 2.47. The Balaban J connectivity index is 2.08. The Labute approximate surface area is 87.2 Å². The summed E-state index contributed by atoms with van der Waals surface area (Å²) in [7, 11) is 1.19. The molecule has 1 aliphatic carbocycles. The summed E-state index contributed by atoms with van der Waals surface area (Å²) in [5.74, 6) is -1.49. The number of rotatable bonds is 2. The quantitative estimate of drug-likeness (QED) is 0.500. The molecule has 1 amide bonds. The zero-order valence-electron chi connectivity index (χ0n) is 8.49. The van der Waals surface area contributed by atoms with Gasteiger partial charge in [-0.15, -0.1) is 0 Å². The van der Waals surface area contributed by atoms with E-state index < -0.39 is 11.8 Å². The van der Waals surface area contributed by atoms with Crippen LogP contribution >= 0.6 is 0 Å². The zero-order chi connectivity index (χ0) is 11.0. The fraction of sp³-hybridized carbons (Fsp3) is 0.700. The van der Waals surface area contributed by atoms with Crippen LogP contribution < -0.4 is 5.32 Å². The van der Waals surface area contributed by atoms with Gasteiger partial charge in [-0.1, -0.05) is 0 Å². The molecule has 0 spiro atoms. The maximum absolute atomic E-state index is 11.6. The van der Waals surface area contributed by atoms with Gasteiger partial charge in [0.1, 0.15) is 0 Å². The molecule has 0 aromatic carbocycles. The molecular formula is C10H13NO4. The number of ether oxygens (including phenoxy) is 1. The first-order valence-corrected chi connectivity index (χ1v) is 5.05. The Morgan fingerprint density at radius 3 is 2.80 bits per heavy atom. The van der Waals surface area contributed by atoms with Crippen molar-refractivity contribution < 1.29 is 19.1 Å². The first-order chi connectivity index (χ1) is 7.13. The molecule has 3 unspecified atom stereocenters. The van der Waals surface area contributed by atoms with Crippen molar-refractivity contribution in [1.82, 2.24) is 5.32 Å². The molecule has 1 N–H and O–H groups in total. The van der Waals surface area contributed by atoms with Crippen LogP contribution in [0, 0.1) is 11.8 Å². The molecular weight excluding hydrogens is 198 g/mol. The van der Waals surface area contributed by atoms with Gasteiger partial charge in [-0.2, -0.15) is 0 Å². The van der Waals surface area contributed by atoms with Crippen molar-refractivity contribution in [1.29, 1.82) is 0 Å². The van der Waals surface area contributed by atoms with E-state index in [-0.39, 0.29) is 23.8 Å². The SMILES string of the molecule is COC(=O)C(=O)C1CCC2CC(=O)NC21. The molecule has 1 aliphatic heterocycles. The topological polar surface area (TPSA) is 72.5 Å². The molecule has 0 bridgehead atoms. The van der Waals surface area contributed by atoms with Crippen molar-refractivity contribution in [3.63, 3.8) is 0 Å². The minimum absolute atomic E-state index is 0.0210. The van der Waals surface area contributed by atoms with E-state index in [1.807, 2.05) is 0 Å². The number of carbonyl (C=O) groups excluding carboxylic acids is 3. The Bertz CT molecular complexity index is 325. The van der Waals surface area contributed by atoms with Gasteiger partial charge < -0.3 is 10.1 Å². The molecule has 0 aromatic heterocycles. The van der Waals surface area contributed by atoms with Crippen molar-refractivity contribution in [3.05, 3.63) is 0 Å². The molecule has 1 saturated carbocycles. The smallest absolute Gasteiger partial charge is 0.374 e. The van der Waals surface area contributed by atoms with Crippen molar-refractivity contribution in [2.75, 3.05) is 7.11 Å². The summed E-state index contributed by atoms with van der Waals surface area (Å²) in [6.45, 7) is 0. The highest BCUT2D eigenvalue weighted by atomic mass is 16.5. The van der Waals surface area contributed by atoms with E-state index in [1.165, 1.54) is 7.11 Å². The number of amides is 1. The van der Waals surface area contributed by atoms with E-state index in [0.717, 1.165) is 6.42 Å². The lowest BCUT2D eigenvalue weighted by Gasteiger charge is -2.15. The van der Waals surface area contributed by atoms with Gasteiger partial charge in [0.25, 0.3) is 0 Å². The molecule has 3 atom stereocenters. The van der Waals surface area contributed by atoms with E-state index in [1.54, 1.807) is 0 Å². The maximum atomic E-state index is 11.6. The molecule has 1 saturated heterocycles. The fourth-order valence-electron chi connectivity index (χ4n) is 2.56. The second kappa shape index (κ2) is 3.64.